The van der Waals surface area contributed by atoms with Crippen LogP contribution in [0.2, 0.25) is 0 Å². The zero-order chi connectivity index (χ0) is 20.2. The van der Waals surface area contributed by atoms with E-state index in [2.05, 4.69) is 75.0 Å². The number of hydrogen-bond acceptors (Lipinski definition) is 4. The summed E-state index contributed by atoms with van der Waals surface area (Å²) < 4.78 is 0. The quantitative estimate of drug-likeness (QED) is 0.404. The second-order valence-electron chi connectivity index (χ2n) is 6.92. The van der Waals surface area contributed by atoms with E-state index in [0.717, 1.165) is 0 Å². The second kappa shape index (κ2) is 21.1. The van der Waals surface area contributed by atoms with Gasteiger partial charge in [-0.1, -0.05) is 55.4 Å². The highest BCUT2D eigenvalue weighted by Gasteiger charge is 2.04. The minimum absolute atomic E-state index is 1.18. The smallest absolute Gasteiger partial charge is 0.0109 e. The van der Waals surface area contributed by atoms with Crippen LogP contribution in [0.25, 0.3) is 0 Å². The average Bonchev–Trinajstić information content (AvgIpc) is 2.68. The van der Waals surface area contributed by atoms with E-state index in [-0.39, 0.29) is 0 Å². The lowest BCUT2D eigenvalue weighted by Crippen LogP contribution is -2.35. The SMILES string of the molecule is CCCN(CC)CCN(CC)CC.CCCN(CC)CCN(CC)CC. The highest BCUT2D eigenvalue weighted by Crippen LogP contribution is 1.94. The largest absolute Gasteiger partial charge is 0.303 e. The fourth-order valence-corrected chi connectivity index (χ4v) is 3.13. The molecule has 0 radical (unpaired) electrons. The molecule has 0 saturated carbocycles. The Labute approximate surface area is 166 Å². The molecule has 0 saturated heterocycles. The van der Waals surface area contributed by atoms with Gasteiger partial charge < -0.3 is 19.6 Å². The van der Waals surface area contributed by atoms with E-state index < -0.39 is 0 Å². The number of hydrogen-bond donors (Lipinski definition) is 0. The van der Waals surface area contributed by atoms with Gasteiger partial charge in [0.05, 0.1) is 0 Å². The molecule has 0 aromatic rings. The van der Waals surface area contributed by atoms with Crippen LogP contribution in [0.5, 0.6) is 0 Å². The minimum Gasteiger partial charge on any atom is -0.303 e. The van der Waals surface area contributed by atoms with Gasteiger partial charge in [-0.3, -0.25) is 0 Å². The fourth-order valence-electron chi connectivity index (χ4n) is 3.13. The van der Waals surface area contributed by atoms with Gasteiger partial charge in [-0.05, 0) is 65.2 Å². The molecule has 0 aliphatic carbocycles. The highest BCUT2D eigenvalue weighted by molar-refractivity contribution is 4.60. The minimum atomic E-state index is 1.18. The van der Waals surface area contributed by atoms with E-state index in [1.165, 1.54) is 91.4 Å². The molecule has 0 fully saturated rings. The molecule has 0 spiro atoms. The Bertz CT molecular complexity index is 227. The van der Waals surface area contributed by atoms with Crippen LogP contribution in [0.15, 0.2) is 0 Å². The van der Waals surface area contributed by atoms with Crippen molar-refractivity contribution < 1.29 is 0 Å². The molecule has 0 aliphatic rings. The molecule has 160 valence electrons. The second-order valence-corrected chi connectivity index (χ2v) is 6.92. The molecular weight excluding hydrogens is 320 g/mol. The van der Waals surface area contributed by atoms with Crippen LogP contribution in [-0.2, 0) is 0 Å². The molecule has 26 heavy (non-hydrogen) atoms. The van der Waals surface area contributed by atoms with E-state index >= 15 is 0 Å². The van der Waals surface area contributed by atoms with Crippen molar-refractivity contribution in [2.45, 2.75) is 68.2 Å². The van der Waals surface area contributed by atoms with Crippen LogP contribution in [0.4, 0.5) is 0 Å². The van der Waals surface area contributed by atoms with E-state index in [9.17, 15) is 0 Å². The van der Waals surface area contributed by atoms with Gasteiger partial charge in [0.1, 0.15) is 0 Å². The van der Waals surface area contributed by atoms with Gasteiger partial charge in [0.25, 0.3) is 0 Å². The molecule has 0 heterocycles. The first-order chi connectivity index (χ1) is 12.6. The molecule has 0 N–H and O–H groups in total. The van der Waals surface area contributed by atoms with Crippen molar-refractivity contribution in [3.8, 4) is 0 Å². The lowest BCUT2D eigenvalue weighted by atomic mass is 10.3. The molecule has 4 nitrogen and oxygen atoms in total. The maximum absolute atomic E-state index is 2.53. The summed E-state index contributed by atoms with van der Waals surface area (Å²) in [7, 11) is 0. The van der Waals surface area contributed by atoms with E-state index in [0.29, 0.717) is 0 Å². The summed E-state index contributed by atoms with van der Waals surface area (Å²) in [6.45, 7) is 32.4. The third kappa shape index (κ3) is 16.0. The first-order valence-corrected chi connectivity index (χ1v) is 11.5. The first-order valence-electron chi connectivity index (χ1n) is 11.5. The average molecular weight is 373 g/mol. The first kappa shape index (κ1) is 28.1. The zero-order valence-electron chi connectivity index (χ0n) is 19.7. The number of nitrogens with zero attached hydrogens (tertiary/aromatic N) is 4. The standard InChI is InChI=1S/2C11H26N2/c2*1-5-9-13(8-4)11-10-12(6-2)7-3/h2*5-11H2,1-4H3. The van der Waals surface area contributed by atoms with Crippen LogP contribution in [-0.4, -0.2) is 98.1 Å². The van der Waals surface area contributed by atoms with Gasteiger partial charge in [0, 0.05) is 26.2 Å². The molecule has 0 amide bonds. The Morgan fingerprint density at radius 1 is 0.308 bits per heavy atom. The lowest BCUT2D eigenvalue weighted by Gasteiger charge is -2.24. The number of likely N-dealkylation sites (N-methyl/N-ethyl adjacent to an activating group) is 4. The predicted molar refractivity (Wildman–Crippen MR) is 120 cm³/mol. The Morgan fingerprint density at radius 3 is 0.731 bits per heavy atom. The highest BCUT2D eigenvalue weighted by atomic mass is 15.2. The molecule has 0 atom stereocenters. The molecule has 4 heteroatoms. The normalized spacial score (nSPS) is 11.5. The van der Waals surface area contributed by atoms with Crippen molar-refractivity contribution >= 4 is 0 Å². The predicted octanol–water partition coefficient (Wildman–Crippen LogP) is 4.12. The summed E-state index contributed by atoms with van der Waals surface area (Å²) >= 11 is 0. The van der Waals surface area contributed by atoms with Gasteiger partial charge in [-0.2, -0.15) is 0 Å². The third-order valence-corrected chi connectivity index (χ3v) is 5.23. The summed E-state index contributed by atoms with van der Waals surface area (Å²) in [6, 6.07) is 0. The lowest BCUT2D eigenvalue weighted by molar-refractivity contribution is 0.221. The van der Waals surface area contributed by atoms with Crippen molar-refractivity contribution in [1.29, 1.82) is 0 Å². The maximum atomic E-state index is 2.53. The van der Waals surface area contributed by atoms with Gasteiger partial charge in [0.2, 0.25) is 0 Å². The Kier molecular flexibility index (Phi) is 22.8. The van der Waals surface area contributed by atoms with Gasteiger partial charge in [-0.15, -0.1) is 0 Å². The van der Waals surface area contributed by atoms with Crippen LogP contribution < -0.4 is 0 Å². The van der Waals surface area contributed by atoms with Crippen molar-refractivity contribution in [1.82, 2.24) is 19.6 Å². The summed E-state index contributed by atoms with van der Waals surface area (Å²) in [5, 5.41) is 0. The molecule has 0 bridgehead atoms. The van der Waals surface area contributed by atoms with Crippen LogP contribution >= 0.6 is 0 Å². The van der Waals surface area contributed by atoms with Crippen molar-refractivity contribution in [2.24, 2.45) is 0 Å². The topological polar surface area (TPSA) is 13.0 Å². The van der Waals surface area contributed by atoms with Crippen LogP contribution in [0, 0.1) is 0 Å². The van der Waals surface area contributed by atoms with Crippen LogP contribution in [0.1, 0.15) is 68.2 Å². The van der Waals surface area contributed by atoms with E-state index in [1.54, 1.807) is 0 Å². The van der Waals surface area contributed by atoms with Gasteiger partial charge in [-0.25, -0.2) is 0 Å². The number of rotatable bonds is 16. The molecular formula is C22H52N4. The Balaban J connectivity index is 0. The molecule has 0 rings (SSSR count). The summed E-state index contributed by atoms with van der Waals surface area (Å²) in [4.78, 5) is 10.0. The van der Waals surface area contributed by atoms with Crippen LogP contribution in [0.3, 0.4) is 0 Å². The monoisotopic (exact) mass is 372 g/mol. The summed E-state index contributed by atoms with van der Waals surface area (Å²) in [5.41, 5.74) is 0. The maximum Gasteiger partial charge on any atom is 0.0109 e. The van der Waals surface area contributed by atoms with E-state index in [4.69, 9.17) is 0 Å². The molecule has 0 aliphatic heterocycles. The van der Waals surface area contributed by atoms with Crippen molar-refractivity contribution in [3.05, 3.63) is 0 Å². The fraction of sp³-hybridized carbons (Fsp3) is 1.00. The Morgan fingerprint density at radius 2 is 0.538 bits per heavy atom. The zero-order valence-corrected chi connectivity index (χ0v) is 19.7. The van der Waals surface area contributed by atoms with Crippen molar-refractivity contribution in [2.75, 3.05) is 78.5 Å². The summed E-state index contributed by atoms with van der Waals surface area (Å²) in [5.74, 6) is 0. The Hall–Kier alpha value is -0.160. The molecule has 0 unspecified atom stereocenters. The van der Waals surface area contributed by atoms with E-state index in [1.807, 2.05) is 0 Å². The third-order valence-electron chi connectivity index (χ3n) is 5.23. The molecule has 0 aromatic heterocycles. The summed E-state index contributed by atoms with van der Waals surface area (Å²) in [6.07, 6.45) is 2.54. The van der Waals surface area contributed by atoms with Gasteiger partial charge >= 0.3 is 0 Å². The van der Waals surface area contributed by atoms with Crippen molar-refractivity contribution in [3.63, 3.8) is 0 Å². The van der Waals surface area contributed by atoms with Gasteiger partial charge in [0.15, 0.2) is 0 Å². The molecule has 0 aromatic carbocycles.